The number of ether oxygens (including phenoxy) is 2. The first-order valence-electron chi connectivity index (χ1n) is 13.0. The topological polar surface area (TPSA) is 71.9 Å². The van der Waals surface area contributed by atoms with Crippen LogP contribution in [-0.4, -0.2) is 47.3 Å². The van der Waals surface area contributed by atoms with E-state index in [2.05, 4.69) is 54.5 Å². The lowest BCUT2D eigenvalue weighted by molar-refractivity contribution is -0.141. The summed E-state index contributed by atoms with van der Waals surface area (Å²) in [5.74, 6) is -0.168. The fourth-order valence-electron chi connectivity index (χ4n) is 4.96. The van der Waals surface area contributed by atoms with Gasteiger partial charge >= 0.3 is 5.97 Å². The minimum Gasteiger partial charge on any atom is -0.488 e. The Kier molecular flexibility index (Phi) is 8.03. The van der Waals surface area contributed by atoms with Gasteiger partial charge in [0.2, 0.25) is 0 Å². The molecule has 1 atom stereocenters. The summed E-state index contributed by atoms with van der Waals surface area (Å²) in [7, 11) is 0. The Labute approximate surface area is 222 Å². The van der Waals surface area contributed by atoms with Crippen LogP contribution in [0.1, 0.15) is 46.5 Å². The van der Waals surface area contributed by atoms with E-state index in [4.69, 9.17) is 14.5 Å². The molecular formula is C30H34N2O4S. The molecule has 2 aromatic carbocycles. The number of aromatic nitrogens is 1. The van der Waals surface area contributed by atoms with Crippen LogP contribution in [0.15, 0.2) is 47.9 Å². The highest BCUT2D eigenvalue weighted by atomic mass is 32.1. The van der Waals surface area contributed by atoms with Crippen LogP contribution in [0.3, 0.4) is 0 Å². The summed E-state index contributed by atoms with van der Waals surface area (Å²) in [5, 5.41) is 12.3. The maximum absolute atomic E-state index is 11.3. The summed E-state index contributed by atoms with van der Waals surface area (Å²) in [6.45, 7) is 9.27. The average molecular weight is 519 g/mol. The van der Waals surface area contributed by atoms with Gasteiger partial charge in [0.25, 0.3) is 0 Å². The fourth-order valence-corrected chi connectivity index (χ4v) is 5.85. The van der Waals surface area contributed by atoms with E-state index in [1.54, 1.807) is 11.3 Å². The fraction of sp³-hybridized carbons (Fsp3) is 0.400. The van der Waals surface area contributed by atoms with Gasteiger partial charge in [-0.2, -0.15) is 0 Å². The van der Waals surface area contributed by atoms with E-state index in [9.17, 15) is 9.90 Å². The number of nitrogens with zero attached hydrogens (tertiary/aromatic N) is 2. The van der Waals surface area contributed by atoms with Gasteiger partial charge in [0, 0.05) is 30.6 Å². The summed E-state index contributed by atoms with van der Waals surface area (Å²) in [6, 6.07) is 12.9. The van der Waals surface area contributed by atoms with Crippen molar-refractivity contribution in [3.8, 4) is 17.0 Å². The van der Waals surface area contributed by atoms with E-state index >= 15 is 0 Å². The van der Waals surface area contributed by atoms with Gasteiger partial charge in [0.15, 0.2) is 0 Å². The molecule has 1 unspecified atom stereocenters. The van der Waals surface area contributed by atoms with Crippen molar-refractivity contribution in [2.45, 2.75) is 46.3 Å². The predicted molar refractivity (Wildman–Crippen MR) is 147 cm³/mol. The second kappa shape index (κ2) is 11.6. The number of rotatable bonds is 8. The molecule has 0 spiro atoms. The number of aryl methyl sites for hydroxylation is 2. The quantitative estimate of drug-likeness (QED) is 0.388. The molecule has 194 valence electrons. The largest absolute Gasteiger partial charge is 0.488 e. The zero-order chi connectivity index (χ0) is 25.8. The maximum Gasteiger partial charge on any atom is 0.306 e. The van der Waals surface area contributed by atoms with Crippen molar-refractivity contribution in [3.05, 3.63) is 75.1 Å². The molecule has 6 nitrogen and oxygen atoms in total. The first kappa shape index (κ1) is 25.6. The molecule has 1 aliphatic heterocycles. The van der Waals surface area contributed by atoms with E-state index in [0.717, 1.165) is 72.4 Å². The van der Waals surface area contributed by atoms with Gasteiger partial charge in [-0.25, -0.2) is 4.98 Å². The van der Waals surface area contributed by atoms with Gasteiger partial charge in [-0.05, 0) is 67.5 Å². The lowest BCUT2D eigenvalue weighted by atomic mass is 9.90. The number of hydrogen-bond donors (Lipinski definition) is 1. The molecule has 7 heteroatoms. The van der Waals surface area contributed by atoms with E-state index < -0.39 is 5.97 Å². The van der Waals surface area contributed by atoms with Crippen LogP contribution >= 0.6 is 11.3 Å². The minimum atomic E-state index is -0.710. The number of hydrogen-bond acceptors (Lipinski definition) is 6. The Balaban J connectivity index is 1.28. The van der Waals surface area contributed by atoms with Gasteiger partial charge in [-0.3, -0.25) is 9.69 Å². The Morgan fingerprint density at radius 1 is 1.19 bits per heavy atom. The summed E-state index contributed by atoms with van der Waals surface area (Å²) < 4.78 is 11.8. The van der Waals surface area contributed by atoms with Crippen molar-refractivity contribution < 1.29 is 19.4 Å². The Morgan fingerprint density at radius 2 is 2.03 bits per heavy atom. The number of carboxylic acid groups (broad SMARTS) is 1. The Bertz CT molecular complexity index is 1290. The lowest BCUT2D eigenvalue weighted by Gasteiger charge is -2.26. The molecule has 0 radical (unpaired) electrons. The van der Waals surface area contributed by atoms with E-state index in [1.807, 2.05) is 12.1 Å². The van der Waals surface area contributed by atoms with Crippen molar-refractivity contribution in [3.63, 3.8) is 0 Å². The number of morpholine rings is 1. The summed E-state index contributed by atoms with van der Waals surface area (Å²) in [4.78, 5) is 18.6. The molecule has 1 aromatic heterocycles. The van der Waals surface area contributed by atoms with Gasteiger partial charge in [-0.1, -0.05) is 35.9 Å². The third kappa shape index (κ3) is 6.29. The van der Waals surface area contributed by atoms with Gasteiger partial charge < -0.3 is 14.6 Å². The van der Waals surface area contributed by atoms with Crippen molar-refractivity contribution >= 4 is 22.9 Å². The molecule has 1 saturated heterocycles. The van der Waals surface area contributed by atoms with Crippen LogP contribution in [0.2, 0.25) is 0 Å². The standard InChI is InChI=1S/C30H34N2O4S/c1-20-3-10-28(36-18-25-5-4-22(16-21(25)2)17-32-11-13-35-14-12-32)26(15-20)27-19-37-29(31-27)23-6-8-24(9-7-23)30(33)34/h3-6,10,15-16,19,24H,7-9,11-14,17-18H2,1-2H3,(H,33,34). The van der Waals surface area contributed by atoms with E-state index in [-0.39, 0.29) is 5.92 Å². The van der Waals surface area contributed by atoms with E-state index in [1.165, 1.54) is 16.7 Å². The lowest BCUT2D eigenvalue weighted by Crippen LogP contribution is -2.35. The molecule has 5 rings (SSSR count). The van der Waals surface area contributed by atoms with Crippen LogP contribution in [0.25, 0.3) is 16.8 Å². The Morgan fingerprint density at radius 3 is 2.76 bits per heavy atom. The molecule has 37 heavy (non-hydrogen) atoms. The third-order valence-electron chi connectivity index (χ3n) is 7.25. The van der Waals surface area contributed by atoms with Crippen LogP contribution in [0.5, 0.6) is 5.75 Å². The predicted octanol–water partition coefficient (Wildman–Crippen LogP) is 6.11. The SMILES string of the molecule is Cc1ccc(OCc2ccc(CN3CCOCC3)cc2C)c(-c2csc(C3=CCC(C(=O)O)CC3)n2)c1. The van der Waals surface area contributed by atoms with Gasteiger partial charge in [-0.15, -0.1) is 11.3 Å². The smallest absolute Gasteiger partial charge is 0.306 e. The third-order valence-corrected chi connectivity index (χ3v) is 8.17. The number of thiazole rings is 1. The molecule has 0 amide bonds. The van der Waals surface area contributed by atoms with Crippen molar-refractivity contribution in [1.29, 1.82) is 0 Å². The number of carboxylic acids is 1. The Hall–Kier alpha value is -3.00. The summed E-state index contributed by atoms with van der Waals surface area (Å²) in [6.07, 6.45) is 4.04. The van der Waals surface area contributed by atoms with Crippen molar-refractivity contribution in [2.75, 3.05) is 26.3 Å². The first-order chi connectivity index (χ1) is 18.0. The maximum atomic E-state index is 11.3. The van der Waals surface area contributed by atoms with Gasteiger partial charge in [0.1, 0.15) is 17.4 Å². The first-order valence-corrected chi connectivity index (χ1v) is 13.8. The van der Waals surface area contributed by atoms with E-state index in [0.29, 0.717) is 19.4 Å². The van der Waals surface area contributed by atoms with Crippen LogP contribution in [0, 0.1) is 19.8 Å². The zero-order valence-electron chi connectivity index (χ0n) is 21.5. The normalized spacial score (nSPS) is 18.4. The molecule has 1 N–H and O–H groups in total. The molecule has 0 bridgehead atoms. The number of benzene rings is 2. The molecule has 1 aliphatic carbocycles. The minimum absolute atomic E-state index is 0.281. The second-order valence-electron chi connectivity index (χ2n) is 10.0. The number of carbonyl (C=O) groups is 1. The van der Waals surface area contributed by atoms with Gasteiger partial charge in [0.05, 0.1) is 24.8 Å². The summed E-state index contributed by atoms with van der Waals surface area (Å²) >= 11 is 1.61. The van der Waals surface area contributed by atoms with Crippen molar-refractivity contribution in [2.24, 2.45) is 5.92 Å². The molecule has 0 saturated carbocycles. The molecule has 3 aromatic rings. The average Bonchev–Trinajstić information content (AvgIpc) is 3.40. The highest BCUT2D eigenvalue weighted by molar-refractivity contribution is 7.11. The van der Waals surface area contributed by atoms with Crippen LogP contribution in [-0.2, 0) is 22.7 Å². The summed E-state index contributed by atoms with van der Waals surface area (Å²) in [5.41, 5.74) is 7.93. The molecule has 1 fully saturated rings. The number of aliphatic carboxylic acids is 1. The molecule has 2 heterocycles. The molecule has 2 aliphatic rings. The highest BCUT2D eigenvalue weighted by Crippen LogP contribution is 2.37. The van der Waals surface area contributed by atoms with Crippen molar-refractivity contribution in [1.82, 2.24) is 9.88 Å². The van der Waals surface area contributed by atoms with Crippen LogP contribution in [0.4, 0.5) is 0 Å². The molecular weight excluding hydrogens is 484 g/mol. The van der Waals surface area contributed by atoms with Crippen LogP contribution < -0.4 is 4.74 Å². The highest BCUT2D eigenvalue weighted by Gasteiger charge is 2.23. The zero-order valence-corrected chi connectivity index (χ0v) is 22.4. The second-order valence-corrected chi connectivity index (χ2v) is 10.9. The monoisotopic (exact) mass is 518 g/mol. The number of allylic oxidation sites excluding steroid dienone is 2.